The summed E-state index contributed by atoms with van der Waals surface area (Å²) in [4.78, 5) is 18.5. The molecule has 9 heteroatoms. The highest BCUT2D eigenvalue weighted by Crippen LogP contribution is 2.46. The van der Waals surface area contributed by atoms with Gasteiger partial charge in [-0.2, -0.15) is 0 Å². The van der Waals surface area contributed by atoms with E-state index in [4.69, 9.17) is 18.5 Å². The smallest absolute Gasteiger partial charge is 0.497 e. The van der Waals surface area contributed by atoms with Gasteiger partial charge in [0.2, 0.25) is 0 Å². The zero-order chi connectivity index (χ0) is 20.5. The molecular formula is C19H20NO7P. The summed E-state index contributed by atoms with van der Waals surface area (Å²) in [7, 11) is -1.75. The number of phosphoric ester groups is 1. The van der Waals surface area contributed by atoms with E-state index >= 15 is 0 Å². The maximum atomic E-state index is 11.4. The van der Waals surface area contributed by atoms with Gasteiger partial charge < -0.3 is 18.5 Å². The third kappa shape index (κ3) is 4.04. The number of rotatable bonds is 6. The average molecular weight is 405 g/mol. The molecule has 0 saturated carbocycles. The molecule has 0 aliphatic heterocycles. The van der Waals surface area contributed by atoms with Gasteiger partial charge in [-0.05, 0) is 49.2 Å². The Morgan fingerprint density at radius 1 is 1.00 bits per heavy atom. The van der Waals surface area contributed by atoms with Gasteiger partial charge in [-0.15, -0.1) is 0 Å². The standard InChI is InChI=1S/C19H20NO7P/c1-11-7-13(8-17(25-4)12(11)2)19-16(10-20-26-19)15-6-5-14(24-3)9-18(15)27-28(21,22)23/h5-10H,1-4H3,(H2,21,22,23). The Morgan fingerprint density at radius 3 is 2.39 bits per heavy atom. The third-order valence-electron chi connectivity index (χ3n) is 4.37. The van der Waals surface area contributed by atoms with Gasteiger partial charge in [-0.25, -0.2) is 4.57 Å². The normalized spacial score (nSPS) is 11.4. The van der Waals surface area contributed by atoms with Crippen LogP contribution in [0.15, 0.2) is 41.1 Å². The van der Waals surface area contributed by atoms with Gasteiger partial charge >= 0.3 is 7.82 Å². The fourth-order valence-electron chi connectivity index (χ4n) is 2.87. The molecule has 1 heterocycles. The molecule has 0 spiro atoms. The summed E-state index contributed by atoms with van der Waals surface area (Å²) >= 11 is 0. The summed E-state index contributed by atoms with van der Waals surface area (Å²) in [6, 6.07) is 8.41. The van der Waals surface area contributed by atoms with Crippen molar-refractivity contribution in [1.29, 1.82) is 0 Å². The summed E-state index contributed by atoms with van der Waals surface area (Å²) in [5.41, 5.74) is 3.62. The molecule has 0 saturated heterocycles. The summed E-state index contributed by atoms with van der Waals surface area (Å²) < 4.78 is 32.3. The van der Waals surface area contributed by atoms with Crippen LogP contribution in [0.25, 0.3) is 22.5 Å². The molecule has 1 aromatic heterocycles. The van der Waals surface area contributed by atoms with Gasteiger partial charge in [0, 0.05) is 17.2 Å². The summed E-state index contributed by atoms with van der Waals surface area (Å²) in [6.07, 6.45) is 1.46. The molecule has 0 fully saturated rings. The van der Waals surface area contributed by atoms with Crippen molar-refractivity contribution in [1.82, 2.24) is 5.16 Å². The first-order valence-corrected chi connectivity index (χ1v) is 9.80. The fraction of sp³-hybridized carbons (Fsp3) is 0.211. The van der Waals surface area contributed by atoms with Crippen molar-refractivity contribution in [2.75, 3.05) is 14.2 Å². The van der Waals surface area contributed by atoms with Crippen LogP contribution in [0.5, 0.6) is 17.2 Å². The van der Waals surface area contributed by atoms with E-state index in [1.807, 2.05) is 26.0 Å². The molecule has 0 atom stereocenters. The van der Waals surface area contributed by atoms with E-state index in [0.717, 1.165) is 11.1 Å². The monoisotopic (exact) mass is 405 g/mol. The number of phosphoric acid groups is 1. The molecule has 28 heavy (non-hydrogen) atoms. The number of aryl methyl sites for hydroxylation is 1. The minimum absolute atomic E-state index is 0.0482. The van der Waals surface area contributed by atoms with E-state index in [9.17, 15) is 14.4 Å². The maximum absolute atomic E-state index is 11.4. The van der Waals surface area contributed by atoms with Crippen LogP contribution >= 0.6 is 7.82 Å². The molecule has 0 bridgehead atoms. The molecule has 0 radical (unpaired) electrons. The minimum Gasteiger partial charge on any atom is -0.497 e. The second-order valence-electron chi connectivity index (χ2n) is 6.13. The summed E-state index contributed by atoms with van der Waals surface area (Å²) in [5, 5.41) is 3.87. The first-order valence-electron chi connectivity index (χ1n) is 8.27. The zero-order valence-corrected chi connectivity index (χ0v) is 16.7. The Balaban J connectivity index is 2.17. The number of hydrogen-bond donors (Lipinski definition) is 2. The number of ether oxygens (including phenoxy) is 2. The van der Waals surface area contributed by atoms with E-state index in [2.05, 4.69) is 5.16 Å². The predicted octanol–water partition coefficient (Wildman–Crippen LogP) is 4.11. The lowest BCUT2D eigenvalue weighted by Gasteiger charge is -2.14. The first-order chi connectivity index (χ1) is 13.2. The molecule has 0 amide bonds. The van der Waals surface area contributed by atoms with Crippen molar-refractivity contribution >= 4 is 7.82 Å². The molecule has 8 nitrogen and oxygen atoms in total. The Labute approximate surface area is 161 Å². The molecular weight excluding hydrogens is 385 g/mol. The highest BCUT2D eigenvalue weighted by molar-refractivity contribution is 7.46. The Morgan fingerprint density at radius 2 is 1.75 bits per heavy atom. The maximum Gasteiger partial charge on any atom is 0.524 e. The van der Waals surface area contributed by atoms with Gasteiger partial charge in [0.1, 0.15) is 17.2 Å². The van der Waals surface area contributed by atoms with Gasteiger partial charge in [0.25, 0.3) is 0 Å². The Hall–Kier alpha value is -2.80. The second-order valence-corrected chi connectivity index (χ2v) is 7.30. The summed E-state index contributed by atoms with van der Waals surface area (Å²) in [6.45, 7) is 3.90. The number of hydrogen-bond acceptors (Lipinski definition) is 6. The SMILES string of the molecule is COc1ccc(-c2cnoc2-c2cc(C)c(C)c(OC)c2)c(OP(=O)(O)O)c1. The minimum atomic E-state index is -4.79. The fourth-order valence-corrected chi connectivity index (χ4v) is 3.27. The highest BCUT2D eigenvalue weighted by atomic mass is 31.2. The van der Waals surface area contributed by atoms with Crippen LogP contribution < -0.4 is 14.0 Å². The van der Waals surface area contributed by atoms with Gasteiger partial charge in [0.15, 0.2) is 5.76 Å². The van der Waals surface area contributed by atoms with Gasteiger partial charge in [-0.3, -0.25) is 9.79 Å². The predicted molar refractivity (Wildman–Crippen MR) is 103 cm³/mol. The Kier molecular flexibility index (Phi) is 5.47. The van der Waals surface area contributed by atoms with E-state index in [1.54, 1.807) is 19.2 Å². The van der Waals surface area contributed by atoms with E-state index in [1.165, 1.54) is 19.4 Å². The largest absolute Gasteiger partial charge is 0.524 e. The zero-order valence-electron chi connectivity index (χ0n) is 15.8. The van der Waals surface area contributed by atoms with Crippen LogP contribution in [0.2, 0.25) is 0 Å². The van der Waals surface area contributed by atoms with Crippen LogP contribution in [0, 0.1) is 13.8 Å². The van der Waals surface area contributed by atoms with Crippen LogP contribution in [0.4, 0.5) is 0 Å². The van der Waals surface area contributed by atoms with Crippen molar-refractivity contribution in [3.05, 3.63) is 47.7 Å². The van der Waals surface area contributed by atoms with Crippen LogP contribution in [-0.2, 0) is 4.57 Å². The molecule has 0 unspecified atom stereocenters. The molecule has 0 aliphatic rings. The Bertz CT molecular complexity index is 1050. The number of nitrogens with zero attached hydrogens (tertiary/aromatic N) is 1. The lowest BCUT2D eigenvalue weighted by molar-refractivity contribution is 0.283. The number of benzene rings is 2. The van der Waals surface area contributed by atoms with Crippen LogP contribution in [0.1, 0.15) is 11.1 Å². The third-order valence-corrected chi connectivity index (χ3v) is 4.80. The van der Waals surface area contributed by atoms with Crippen molar-refractivity contribution in [2.45, 2.75) is 13.8 Å². The number of aromatic nitrogens is 1. The van der Waals surface area contributed by atoms with E-state index in [-0.39, 0.29) is 5.75 Å². The number of methoxy groups -OCH3 is 2. The topological polar surface area (TPSA) is 111 Å². The van der Waals surface area contributed by atoms with Gasteiger partial charge in [-0.1, -0.05) is 5.16 Å². The average Bonchev–Trinajstić information content (AvgIpc) is 3.12. The van der Waals surface area contributed by atoms with Crippen molar-refractivity contribution in [3.8, 4) is 39.7 Å². The van der Waals surface area contributed by atoms with Gasteiger partial charge in [0.05, 0.1) is 26.0 Å². The molecule has 0 aliphatic carbocycles. The van der Waals surface area contributed by atoms with E-state index in [0.29, 0.717) is 33.9 Å². The highest BCUT2D eigenvalue weighted by Gasteiger charge is 2.23. The molecule has 2 N–H and O–H groups in total. The second kappa shape index (κ2) is 7.67. The van der Waals surface area contributed by atoms with Crippen LogP contribution in [-0.4, -0.2) is 29.2 Å². The molecule has 2 aromatic carbocycles. The summed E-state index contributed by atoms with van der Waals surface area (Å²) in [5.74, 6) is 1.45. The first kappa shape index (κ1) is 19.9. The van der Waals surface area contributed by atoms with Crippen molar-refractivity contribution in [3.63, 3.8) is 0 Å². The molecule has 148 valence electrons. The van der Waals surface area contributed by atoms with Crippen LogP contribution in [0.3, 0.4) is 0 Å². The van der Waals surface area contributed by atoms with Crippen molar-refractivity contribution < 1.29 is 32.9 Å². The van der Waals surface area contributed by atoms with E-state index < -0.39 is 7.82 Å². The van der Waals surface area contributed by atoms with Crippen molar-refractivity contribution in [2.24, 2.45) is 0 Å². The lowest BCUT2D eigenvalue weighted by Crippen LogP contribution is -1.95. The molecule has 3 rings (SSSR count). The lowest BCUT2D eigenvalue weighted by atomic mass is 9.98. The molecule has 3 aromatic rings. The quantitative estimate of drug-likeness (QED) is 0.590.